The van der Waals surface area contributed by atoms with Crippen molar-refractivity contribution in [3.63, 3.8) is 0 Å². The van der Waals surface area contributed by atoms with Gasteiger partial charge >= 0.3 is 0 Å². The van der Waals surface area contributed by atoms with Gasteiger partial charge in [0.05, 0.1) is 17.7 Å². The largest absolute Gasteiger partial charge is 0.203 e. The number of benzene rings is 1. The van der Waals surface area contributed by atoms with Crippen molar-refractivity contribution in [3.05, 3.63) is 40.3 Å². The summed E-state index contributed by atoms with van der Waals surface area (Å²) in [6, 6.07) is 8.92. The molecule has 0 N–H and O–H groups in total. The summed E-state index contributed by atoms with van der Waals surface area (Å²) in [5, 5.41) is 19.7. The Kier molecular flexibility index (Phi) is 2.73. The molecule has 0 aliphatic carbocycles. The summed E-state index contributed by atoms with van der Waals surface area (Å²) in [4.78, 5) is 10.2. The van der Waals surface area contributed by atoms with Crippen molar-refractivity contribution in [2.24, 2.45) is 5.18 Å². The van der Waals surface area contributed by atoms with Crippen LogP contribution in [-0.2, 0) is 0 Å². The summed E-state index contributed by atoms with van der Waals surface area (Å²) in [6.07, 6.45) is 0. The monoisotopic (exact) mass is 171 g/mol. The first-order valence-corrected chi connectivity index (χ1v) is 3.54. The molecule has 0 saturated carbocycles. The molecule has 0 spiro atoms. The summed E-state index contributed by atoms with van der Waals surface area (Å²) in [6.45, 7) is 0. The molecule has 1 aromatic rings. The molecule has 62 valence electrons. The molecule has 0 bridgehead atoms. The maximum absolute atomic E-state index is 10.2. The molecule has 1 atom stereocenters. The zero-order valence-electron chi connectivity index (χ0n) is 6.64. The predicted octanol–water partition coefficient (Wildman–Crippen LogP) is 1.89. The molecular weight excluding hydrogens is 166 g/mol. The lowest BCUT2D eigenvalue weighted by molar-refractivity contribution is 0.915. The van der Waals surface area contributed by atoms with Gasteiger partial charge in [-0.1, -0.05) is 12.1 Å². The minimum atomic E-state index is -1.02. The van der Waals surface area contributed by atoms with E-state index in [4.69, 9.17) is 10.5 Å². The van der Waals surface area contributed by atoms with Gasteiger partial charge in [-0.15, -0.1) is 4.91 Å². The van der Waals surface area contributed by atoms with Crippen LogP contribution in [0.3, 0.4) is 0 Å². The minimum Gasteiger partial charge on any atom is -0.195 e. The van der Waals surface area contributed by atoms with Crippen LogP contribution in [0, 0.1) is 27.6 Å². The van der Waals surface area contributed by atoms with Crippen LogP contribution in [0.5, 0.6) is 0 Å². The number of nitroso groups, excluding NO2 is 1. The molecule has 0 aliphatic heterocycles. The Morgan fingerprint density at radius 2 is 2.15 bits per heavy atom. The highest BCUT2D eigenvalue weighted by atomic mass is 16.3. The molecule has 1 rings (SSSR count). The normalized spacial score (nSPS) is 10.9. The van der Waals surface area contributed by atoms with E-state index in [1.165, 1.54) is 6.07 Å². The Morgan fingerprint density at radius 3 is 2.69 bits per heavy atom. The van der Waals surface area contributed by atoms with Crippen molar-refractivity contribution in [2.75, 3.05) is 0 Å². The lowest BCUT2D eigenvalue weighted by Crippen LogP contribution is -1.90. The van der Waals surface area contributed by atoms with Gasteiger partial charge in [-0.2, -0.15) is 10.5 Å². The third-order valence-electron chi connectivity index (χ3n) is 1.56. The second kappa shape index (κ2) is 3.99. The zero-order chi connectivity index (χ0) is 9.68. The summed E-state index contributed by atoms with van der Waals surface area (Å²) < 4.78 is 0. The molecule has 0 aliphatic rings. The number of nitrogens with zero attached hydrogens (tertiary/aromatic N) is 3. The topological polar surface area (TPSA) is 77.0 Å². The predicted molar refractivity (Wildman–Crippen MR) is 45.3 cm³/mol. The van der Waals surface area contributed by atoms with Crippen molar-refractivity contribution in [2.45, 2.75) is 6.04 Å². The van der Waals surface area contributed by atoms with E-state index in [1.807, 2.05) is 6.07 Å². The first-order valence-electron chi connectivity index (χ1n) is 3.54. The maximum Gasteiger partial charge on any atom is 0.203 e. The fourth-order valence-electron chi connectivity index (χ4n) is 0.937. The maximum atomic E-state index is 10.2. The fraction of sp³-hybridized carbons (Fsp3) is 0.111. The van der Waals surface area contributed by atoms with Gasteiger partial charge in [-0.3, -0.25) is 0 Å². The quantitative estimate of drug-likeness (QED) is 0.637. The summed E-state index contributed by atoms with van der Waals surface area (Å²) >= 11 is 0. The smallest absolute Gasteiger partial charge is 0.195 e. The van der Waals surface area contributed by atoms with Crippen molar-refractivity contribution in [3.8, 4) is 12.1 Å². The lowest BCUT2D eigenvalue weighted by atomic mass is 10.1. The molecule has 0 aromatic heterocycles. The van der Waals surface area contributed by atoms with Crippen molar-refractivity contribution < 1.29 is 0 Å². The highest BCUT2D eigenvalue weighted by molar-refractivity contribution is 5.35. The second-order valence-corrected chi connectivity index (χ2v) is 2.37. The van der Waals surface area contributed by atoms with Gasteiger partial charge in [-0.25, -0.2) is 0 Å². The lowest BCUT2D eigenvalue weighted by Gasteiger charge is -1.99. The van der Waals surface area contributed by atoms with E-state index in [-0.39, 0.29) is 0 Å². The Labute approximate surface area is 75.0 Å². The molecule has 1 aromatic carbocycles. The van der Waals surface area contributed by atoms with Crippen LogP contribution in [0.2, 0.25) is 0 Å². The molecule has 13 heavy (non-hydrogen) atoms. The van der Waals surface area contributed by atoms with Gasteiger partial charge in [0.2, 0.25) is 6.04 Å². The van der Waals surface area contributed by atoms with Gasteiger partial charge in [0, 0.05) is 0 Å². The highest BCUT2D eigenvalue weighted by Crippen LogP contribution is 2.16. The van der Waals surface area contributed by atoms with Crippen LogP contribution in [-0.4, -0.2) is 0 Å². The summed E-state index contributed by atoms with van der Waals surface area (Å²) in [7, 11) is 0. The van der Waals surface area contributed by atoms with E-state index in [1.54, 1.807) is 24.3 Å². The standard InChI is InChI=1S/C9H5N3O/c10-5-7-2-1-3-8(4-7)9(6-11)12-13/h1-4,9H. The molecule has 0 radical (unpaired) electrons. The van der Waals surface area contributed by atoms with Gasteiger partial charge in [-0.05, 0) is 22.9 Å². The first-order chi connectivity index (χ1) is 6.31. The van der Waals surface area contributed by atoms with E-state index in [2.05, 4.69) is 5.18 Å². The van der Waals surface area contributed by atoms with Gasteiger partial charge in [0.1, 0.15) is 0 Å². The van der Waals surface area contributed by atoms with Crippen LogP contribution in [0.4, 0.5) is 0 Å². The van der Waals surface area contributed by atoms with Crippen LogP contribution in [0.15, 0.2) is 29.4 Å². The molecule has 0 amide bonds. The van der Waals surface area contributed by atoms with Crippen molar-refractivity contribution in [1.29, 1.82) is 10.5 Å². The molecule has 0 heterocycles. The molecule has 4 heteroatoms. The average molecular weight is 171 g/mol. The third kappa shape index (κ3) is 1.88. The summed E-state index contributed by atoms with van der Waals surface area (Å²) in [5.41, 5.74) is 0.873. The Hall–Kier alpha value is -2.20. The van der Waals surface area contributed by atoms with Gasteiger partial charge in [0.25, 0.3) is 0 Å². The summed E-state index contributed by atoms with van der Waals surface area (Å²) in [5.74, 6) is 0. The molecule has 4 nitrogen and oxygen atoms in total. The highest BCUT2D eigenvalue weighted by Gasteiger charge is 2.09. The van der Waals surface area contributed by atoms with E-state index >= 15 is 0 Å². The number of nitriles is 2. The zero-order valence-corrected chi connectivity index (χ0v) is 6.64. The average Bonchev–Trinajstić information content (AvgIpc) is 2.20. The van der Waals surface area contributed by atoms with Crippen LogP contribution in [0.25, 0.3) is 0 Å². The van der Waals surface area contributed by atoms with Crippen LogP contribution in [0.1, 0.15) is 17.2 Å². The van der Waals surface area contributed by atoms with E-state index in [0.29, 0.717) is 11.1 Å². The minimum absolute atomic E-state index is 0.418. The van der Waals surface area contributed by atoms with Crippen molar-refractivity contribution >= 4 is 0 Å². The first kappa shape index (κ1) is 8.89. The fourth-order valence-corrected chi connectivity index (χ4v) is 0.937. The van der Waals surface area contributed by atoms with E-state index < -0.39 is 6.04 Å². The molecule has 0 saturated heterocycles. The Morgan fingerprint density at radius 1 is 1.38 bits per heavy atom. The Balaban J connectivity index is 3.10. The van der Waals surface area contributed by atoms with Gasteiger partial charge in [0.15, 0.2) is 0 Å². The number of rotatable bonds is 2. The second-order valence-electron chi connectivity index (χ2n) is 2.37. The van der Waals surface area contributed by atoms with Crippen molar-refractivity contribution in [1.82, 2.24) is 0 Å². The number of hydrogen-bond donors (Lipinski definition) is 0. The molecule has 1 unspecified atom stereocenters. The molecule has 0 fully saturated rings. The molecular formula is C9H5N3O. The van der Waals surface area contributed by atoms with Crippen LogP contribution >= 0.6 is 0 Å². The number of hydrogen-bond acceptors (Lipinski definition) is 4. The Bertz CT molecular complexity index is 400. The SMILES string of the molecule is N#Cc1cccc(C(C#N)N=O)c1. The third-order valence-corrected chi connectivity index (χ3v) is 1.56. The van der Waals surface area contributed by atoms with Crippen LogP contribution < -0.4 is 0 Å². The van der Waals surface area contributed by atoms with E-state index in [0.717, 1.165) is 0 Å². The van der Waals surface area contributed by atoms with E-state index in [9.17, 15) is 4.91 Å². The van der Waals surface area contributed by atoms with Gasteiger partial charge < -0.3 is 0 Å².